The van der Waals surface area contributed by atoms with Crippen LogP contribution in [0.2, 0.25) is 0 Å². The van der Waals surface area contributed by atoms with Gasteiger partial charge >= 0.3 is 16.1 Å². The van der Waals surface area contributed by atoms with Crippen molar-refractivity contribution in [3.8, 4) is 5.75 Å². The molecule has 2 aliphatic heterocycles. The monoisotopic (exact) mass is 545 g/mol. The highest BCUT2D eigenvalue weighted by Gasteiger charge is 2.54. The van der Waals surface area contributed by atoms with Crippen LogP contribution in [0.4, 0.5) is 5.69 Å². The number of fused-ring (bicyclic) bond motifs is 1. The first-order valence-electron chi connectivity index (χ1n) is 11.4. The number of rotatable bonds is 10. The van der Waals surface area contributed by atoms with Crippen LogP contribution in [0.25, 0.3) is 0 Å². The molecule has 2 aliphatic rings. The van der Waals surface area contributed by atoms with E-state index < -0.39 is 44.9 Å². The minimum atomic E-state index is -4.02. The Morgan fingerprint density at radius 2 is 1.82 bits per heavy atom. The van der Waals surface area contributed by atoms with Gasteiger partial charge in [0, 0.05) is 18.6 Å². The van der Waals surface area contributed by atoms with Gasteiger partial charge in [0.15, 0.2) is 18.1 Å². The normalized spacial score (nSPS) is 18.7. The number of amides is 2. The van der Waals surface area contributed by atoms with Crippen molar-refractivity contribution in [1.29, 1.82) is 0 Å². The number of benzene rings is 2. The molecule has 2 amide bonds. The molecule has 2 aromatic carbocycles. The second-order valence-electron chi connectivity index (χ2n) is 8.52. The van der Waals surface area contributed by atoms with Gasteiger partial charge in [-0.25, -0.2) is 4.79 Å². The van der Waals surface area contributed by atoms with E-state index in [4.69, 9.17) is 13.7 Å². The maximum atomic E-state index is 13.0. The number of allylic oxidation sites excluding steroid dienone is 1. The van der Waals surface area contributed by atoms with Crippen molar-refractivity contribution >= 4 is 33.6 Å². The second kappa shape index (κ2) is 10.9. The lowest BCUT2D eigenvalue weighted by Crippen LogP contribution is -2.72. The Hall–Kier alpha value is -4.46. The van der Waals surface area contributed by atoms with E-state index in [-0.39, 0.29) is 43.2 Å². The maximum absolute atomic E-state index is 13.0. The van der Waals surface area contributed by atoms with Gasteiger partial charge in [-0.2, -0.15) is 8.42 Å². The highest BCUT2D eigenvalue weighted by atomic mass is 32.2. The van der Waals surface area contributed by atoms with Crippen LogP contribution in [0.3, 0.4) is 0 Å². The first kappa shape index (κ1) is 26.6. The second-order valence-corrected chi connectivity index (χ2v) is 10.1. The summed E-state index contributed by atoms with van der Waals surface area (Å²) in [7, 11) is -4.02. The van der Waals surface area contributed by atoms with Crippen molar-refractivity contribution < 1.29 is 41.4 Å². The third kappa shape index (κ3) is 6.08. The van der Waals surface area contributed by atoms with E-state index in [1.54, 1.807) is 30.3 Å². The molecule has 2 aromatic rings. The van der Waals surface area contributed by atoms with E-state index in [2.05, 4.69) is 5.32 Å². The van der Waals surface area contributed by atoms with Crippen molar-refractivity contribution in [3.05, 3.63) is 81.7 Å². The third-order valence-corrected chi connectivity index (χ3v) is 6.29. The largest absolute Gasteiger partial charge is 0.484 e. The van der Waals surface area contributed by atoms with Gasteiger partial charge in [0.25, 0.3) is 17.5 Å². The lowest BCUT2D eigenvalue weighted by atomic mass is 9.86. The van der Waals surface area contributed by atoms with E-state index in [0.29, 0.717) is 11.3 Å². The molecule has 2 heterocycles. The van der Waals surface area contributed by atoms with Crippen LogP contribution >= 0.6 is 0 Å². The zero-order valence-corrected chi connectivity index (χ0v) is 20.9. The third-order valence-electron chi connectivity index (χ3n) is 5.78. The number of non-ortho nitro benzene ring substituents is 1. The summed E-state index contributed by atoms with van der Waals surface area (Å²) in [6, 6.07) is 12.3. The molecule has 14 heteroatoms. The summed E-state index contributed by atoms with van der Waals surface area (Å²) in [5.74, 6) is -1.97. The molecule has 38 heavy (non-hydrogen) atoms. The zero-order valence-electron chi connectivity index (χ0n) is 20.1. The first-order valence-corrected chi connectivity index (χ1v) is 13.2. The number of nitrogens with zero attached hydrogens (tertiary/aromatic N) is 2. The van der Waals surface area contributed by atoms with Crippen LogP contribution in [0.5, 0.6) is 5.75 Å². The van der Waals surface area contributed by atoms with Gasteiger partial charge in [0.1, 0.15) is 18.4 Å². The Balaban J connectivity index is 1.45. The van der Waals surface area contributed by atoms with Crippen LogP contribution in [0, 0.1) is 10.1 Å². The smallest absolute Gasteiger partial charge is 0.358 e. The number of hydrogen-bond acceptors (Lipinski definition) is 10. The van der Waals surface area contributed by atoms with Gasteiger partial charge in [-0.1, -0.05) is 18.2 Å². The molecule has 0 aliphatic carbocycles. The van der Waals surface area contributed by atoms with Crippen molar-refractivity contribution in [1.82, 2.24) is 10.2 Å². The van der Waals surface area contributed by atoms with Gasteiger partial charge in [-0.3, -0.25) is 24.6 Å². The maximum Gasteiger partial charge on any atom is 0.358 e. The Labute approximate surface area is 217 Å². The standard InChI is InChI=1S/C24H23N3O10S/c1-38(33,34)37-19-12-11-18-21(25-20(28)14-35-17-5-3-2-4-6-17)23(29)26(18)22(19)24(30)36-13-15-7-9-16(10-8-15)27(31)32/h2-10,18,21H,11-14H2,1H3,(H,25,28)/t18-,21+/m1/s1. The summed E-state index contributed by atoms with van der Waals surface area (Å²) in [4.78, 5) is 49.6. The van der Waals surface area contributed by atoms with Crippen LogP contribution < -0.4 is 10.1 Å². The number of ether oxygens (including phenoxy) is 2. The van der Waals surface area contributed by atoms with E-state index in [1.165, 1.54) is 24.3 Å². The summed E-state index contributed by atoms with van der Waals surface area (Å²) >= 11 is 0. The molecule has 0 radical (unpaired) electrons. The number of β-lactam (4-membered cyclic amide) rings is 1. The first-order chi connectivity index (χ1) is 18.0. The molecule has 200 valence electrons. The van der Waals surface area contributed by atoms with E-state index >= 15 is 0 Å². The fourth-order valence-corrected chi connectivity index (χ4v) is 4.62. The van der Waals surface area contributed by atoms with E-state index in [9.17, 15) is 32.9 Å². The van der Waals surface area contributed by atoms with Crippen LogP contribution in [0.1, 0.15) is 18.4 Å². The highest BCUT2D eigenvalue weighted by molar-refractivity contribution is 7.86. The average molecular weight is 546 g/mol. The molecule has 0 spiro atoms. The number of nitrogens with one attached hydrogen (secondary N) is 1. The summed E-state index contributed by atoms with van der Waals surface area (Å²) in [6.45, 7) is -0.626. The number of nitro groups is 1. The van der Waals surface area contributed by atoms with Crippen LogP contribution in [-0.2, 0) is 40.0 Å². The minimum Gasteiger partial charge on any atom is -0.484 e. The SMILES string of the molecule is CS(=O)(=O)OC1=C(C(=O)OCc2ccc([N+](=O)[O-])cc2)N2C(=O)[C@@H](NC(=O)COc3ccccc3)[C@H]2CC1. The zero-order chi connectivity index (χ0) is 27.4. The summed E-state index contributed by atoms with van der Waals surface area (Å²) in [5.41, 5.74) is -0.0826. The molecule has 0 aromatic heterocycles. The van der Waals surface area contributed by atoms with Crippen molar-refractivity contribution in [2.75, 3.05) is 12.9 Å². The van der Waals surface area contributed by atoms with Crippen LogP contribution in [-0.4, -0.2) is 61.0 Å². The Bertz CT molecular complexity index is 1390. The Kier molecular flexibility index (Phi) is 7.62. The van der Waals surface area contributed by atoms with Crippen molar-refractivity contribution in [2.45, 2.75) is 31.5 Å². The van der Waals surface area contributed by atoms with Gasteiger partial charge in [-0.05, 0) is 36.2 Å². The Morgan fingerprint density at radius 1 is 1.13 bits per heavy atom. The fraction of sp³-hybridized carbons (Fsp3) is 0.292. The molecular weight excluding hydrogens is 522 g/mol. The molecule has 2 atom stereocenters. The average Bonchev–Trinajstić information content (AvgIpc) is 2.88. The lowest BCUT2D eigenvalue weighted by molar-refractivity contribution is -0.384. The molecule has 1 saturated heterocycles. The molecule has 0 saturated carbocycles. The molecule has 4 rings (SSSR count). The van der Waals surface area contributed by atoms with Crippen molar-refractivity contribution in [3.63, 3.8) is 0 Å². The lowest BCUT2D eigenvalue weighted by Gasteiger charge is -2.49. The number of para-hydroxylation sites is 1. The summed E-state index contributed by atoms with van der Waals surface area (Å²) in [6.07, 6.45) is 1.02. The number of carbonyl (C=O) groups excluding carboxylic acids is 3. The summed E-state index contributed by atoms with van der Waals surface area (Å²) in [5, 5.41) is 13.4. The predicted octanol–water partition coefficient (Wildman–Crippen LogP) is 1.39. The van der Waals surface area contributed by atoms with E-state index in [1.807, 2.05) is 0 Å². The fourth-order valence-electron chi connectivity index (χ4n) is 4.09. The number of esters is 1. The Morgan fingerprint density at radius 3 is 2.45 bits per heavy atom. The molecule has 1 N–H and O–H groups in total. The topological polar surface area (TPSA) is 171 Å². The minimum absolute atomic E-state index is 0.00360. The number of carbonyl (C=O) groups is 3. The molecule has 1 fully saturated rings. The van der Waals surface area contributed by atoms with Gasteiger partial charge in [-0.15, -0.1) is 0 Å². The van der Waals surface area contributed by atoms with Gasteiger partial charge < -0.3 is 19.0 Å². The highest BCUT2D eigenvalue weighted by Crippen LogP contribution is 2.38. The number of nitro benzene ring substituents is 1. The number of hydrogen-bond donors (Lipinski definition) is 1. The quantitative estimate of drug-likeness (QED) is 0.151. The molecule has 0 bridgehead atoms. The van der Waals surface area contributed by atoms with Gasteiger partial charge in [0.2, 0.25) is 0 Å². The molecule has 0 unspecified atom stereocenters. The summed E-state index contributed by atoms with van der Waals surface area (Å²) < 4.78 is 39.2. The van der Waals surface area contributed by atoms with Gasteiger partial charge in [0.05, 0.1) is 17.2 Å². The predicted molar refractivity (Wildman–Crippen MR) is 130 cm³/mol. The molecule has 13 nitrogen and oxygen atoms in total. The van der Waals surface area contributed by atoms with E-state index in [0.717, 1.165) is 11.2 Å². The van der Waals surface area contributed by atoms with Crippen LogP contribution in [0.15, 0.2) is 66.1 Å². The molecular formula is C24H23N3O10S. The van der Waals surface area contributed by atoms with Crippen molar-refractivity contribution in [2.24, 2.45) is 0 Å².